The molecule has 2 fully saturated rings. The summed E-state index contributed by atoms with van der Waals surface area (Å²) >= 11 is 0. The van der Waals surface area contributed by atoms with Gasteiger partial charge in [-0.15, -0.1) is 0 Å². The molecule has 3 atom stereocenters. The molecule has 0 radical (unpaired) electrons. The van der Waals surface area contributed by atoms with E-state index < -0.39 is 24.0 Å². The van der Waals surface area contributed by atoms with E-state index in [-0.39, 0.29) is 11.7 Å². The lowest BCUT2D eigenvalue weighted by Gasteiger charge is -2.50. The predicted octanol–water partition coefficient (Wildman–Crippen LogP) is 3.19. The minimum atomic E-state index is -1.30. The number of carbonyl (C=O) groups excluding carboxylic acids is 1. The van der Waals surface area contributed by atoms with Crippen LogP contribution in [0.4, 0.5) is 4.39 Å². The van der Waals surface area contributed by atoms with E-state index in [1.165, 1.54) is 12.1 Å². The summed E-state index contributed by atoms with van der Waals surface area (Å²) in [5.74, 6) is -1.79. The highest BCUT2D eigenvalue weighted by molar-refractivity contribution is 5.96. The fourth-order valence-electron chi connectivity index (χ4n) is 6.04. The van der Waals surface area contributed by atoms with Crippen molar-refractivity contribution in [1.29, 1.82) is 0 Å². The normalized spacial score (nSPS) is 27.6. The number of aliphatic hydroxyl groups is 1. The summed E-state index contributed by atoms with van der Waals surface area (Å²) in [6, 6.07) is 6.86. The Balaban J connectivity index is 1.73. The third-order valence-corrected chi connectivity index (χ3v) is 7.50. The van der Waals surface area contributed by atoms with Gasteiger partial charge in [0.25, 0.3) is 5.91 Å². The van der Waals surface area contributed by atoms with Crippen LogP contribution in [-0.4, -0.2) is 70.3 Å². The highest BCUT2D eigenvalue weighted by atomic mass is 19.1. The zero-order valence-corrected chi connectivity index (χ0v) is 20.0. The highest BCUT2D eigenvalue weighted by Gasteiger charge is 2.58. The molecule has 2 aromatic rings. The number of carbonyl (C=O) groups is 1. The lowest BCUT2D eigenvalue weighted by atomic mass is 9.85. The van der Waals surface area contributed by atoms with E-state index in [1.807, 2.05) is 29.6 Å². The van der Waals surface area contributed by atoms with Gasteiger partial charge in [0.05, 0.1) is 30.5 Å². The number of aromatic nitrogens is 1. The van der Waals surface area contributed by atoms with Gasteiger partial charge in [-0.2, -0.15) is 0 Å². The zero-order chi connectivity index (χ0) is 23.9. The number of aryl methyl sites for hydroxylation is 1. The van der Waals surface area contributed by atoms with Crippen molar-refractivity contribution in [2.75, 3.05) is 32.8 Å². The first-order chi connectivity index (χ1) is 16.5. The predicted molar refractivity (Wildman–Crippen MR) is 125 cm³/mol. The van der Waals surface area contributed by atoms with Crippen molar-refractivity contribution in [3.63, 3.8) is 0 Å². The first-order valence-electron chi connectivity index (χ1n) is 12.4. The molecule has 3 unspecified atom stereocenters. The maximum Gasteiger partial charge on any atom is 0.256 e. The number of fused-ring (bicyclic) bond motifs is 1. The smallest absolute Gasteiger partial charge is 0.256 e. The Labute approximate surface area is 200 Å². The number of ether oxygens (including phenoxy) is 2. The molecule has 1 aromatic heterocycles. The standard InChI is InChI=1S/C26H34FN3O4/c1-3-12-30-24(26(33-16-17-34-26)18-7-9-19(27)10-8-18)22(29-13-5-4-6-14-29)23(31)21-20(25(30)32)11-15-28(21)2/h7-11,15,22-24,31H,3-6,12-14,16-17H2,1-2H3. The van der Waals surface area contributed by atoms with Crippen LogP contribution in [0, 0.1) is 5.82 Å². The Morgan fingerprint density at radius 3 is 2.41 bits per heavy atom. The minimum absolute atomic E-state index is 0.137. The van der Waals surface area contributed by atoms with E-state index in [0.29, 0.717) is 36.6 Å². The maximum absolute atomic E-state index is 14.0. The van der Waals surface area contributed by atoms with Crippen molar-refractivity contribution in [1.82, 2.24) is 14.4 Å². The number of benzene rings is 1. The molecule has 1 aromatic carbocycles. The van der Waals surface area contributed by atoms with Crippen molar-refractivity contribution in [3.8, 4) is 0 Å². The number of hydrogen-bond acceptors (Lipinski definition) is 5. The van der Waals surface area contributed by atoms with Gasteiger partial charge in [-0.1, -0.05) is 25.5 Å². The van der Waals surface area contributed by atoms with Crippen LogP contribution in [0.1, 0.15) is 60.3 Å². The summed E-state index contributed by atoms with van der Waals surface area (Å²) in [6.45, 7) is 4.89. The fourth-order valence-corrected chi connectivity index (χ4v) is 6.04. The number of likely N-dealkylation sites (tertiary alicyclic amines) is 1. The van der Waals surface area contributed by atoms with Crippen LogP contribution in [0.15, 0.2) is 36.5 Å². The minimum Gasteiger partial charge on any atom is -0.385 e. The van der Waals surface area contributed by atoms with E-state index in [1.54, 1.807) is 18.2 Å². The molecular formula is C26H34FN3O4. The molecule has 1 N–H and O–H groups in total. The molecule has 0 aliphatic carbocycles. The molecule has 8 heteroatoms. The largest absolute Gasteiger partial charge is 0.385 e. The summed E-state index contributed by atoms with van der Waals surface area (Å²) in [5, 5.41) is 12.0. The maximum atomic E-state index is 14.0. The van der Waals surface area contributed by atoms with Crippen molar-refractivity contribution >= 4 is 5.91 Å². The van der Waals surface area contributed by atoms with Crippen molar-refractivity contribution < 1.29 is 23.8 Å². The first-order valence-corrected chi connectivity index (χ1v) is 12.4. The Morgan fingerprint density at radius 2 is 1.76 bits per heavy atom. The molecule has 184 valence electrons. The van der Waals surface area contributed by atoms with E-state index in [0.717, 1.165) is 38.8 Å². The molecule has 2 saturated heterocycles. The topological polar surface area (TPSA) is 67.2 Å². The Morgan fingerprint density at radius 1 is 1.09 bits per heavy atom. The van der Waals surface area contributed by atoms with Crippen LogP contribution in [-0.2, 0) is 22.3 Å². The third-order valence-electron chi connectivity index (χ3n) is 7.50. The molecule has 0 spiro atoms. The Kier molecular flexibility index (Phi) is 6.50. The third kappa shape index (κ3) is 3.77. The summed E-state index contributed by atoms with van der Waals surface area (Å²) in [6.07, 6.45) is 4.86. The summed E-state index contributed by atoms with van der Waals surface area (Å²) in [7, 11) is 1.87. The highest BCUT2D eigenvalue weighted by Crippen LogP contribution is 2.46. The number of rotatable bonds is 5. The Bertz CT molecular complexity index is 1010. The quantitative estimate of drug-likeness (QED) is 0.726. The van der Waals surface area contributed by atoms with Crippen LogP contribution in [0.2, 0.25) is 0 Å². The second-order valence-corrected chi connectivity index (χ2v) is 9.57. The molecule has 34 heavy (non-hydrogen) atoms. The van der Waals surface area contributed by atoms with Crippen LogP contribution in [0.3, 0.4) is 0 Å². The van der Waals surface area contributed by atoms with Gasteiger partial charge in [-0.25, -0.2) is 4.39 Å². The average Bonchev–Trinajstić information content (AvgIpc) is 3.47. The molecule has 4 heterocycles. The number of nitrogens with zero attached hydrogens (tertiary/aromatic N) is 3. The summed E-state index contributed by atoms with van der Waals surface area (Å²) in [4.78, 5) is 18.2. The zero-order valence-electron chi connectivity index (χ0n) is 20.0. The second kappa shape index (κ2) is 9.41. The van der Waals surface area contributed by atoms with Gasteiger partial charge in [0, 0.05) is 25.4 Å². The van der Waals surface area contributed by atoms with Gasteiger partial charge < -0.3 is 24.0 Å². The molecule has 1 amide bonds. The van der Waals surface area contributed by atoms with Crippen LogP contribution in [0.25, 0.3) is 0 Å². The van der Waals surface area contributed by atoms with Gasteiger partial charge in [-0.05, 0) is 50.6 Å². The SMILES string of the molecule is CCCN1C(=O)c2ccn(C)c2C(O)C(N2CCCCC2)C1C1(c2ccc(F)cc2)OCCO1. The number of amides is 1. The van der Waals surface area contributed by atoms with Gasteiger partial charge in [0.1, 0.15) is 18.0 Å². The van der Waals surface area contributed by atoms with Gasteiger partial charge in [0.15, 0.2) is 0 Å². The molecule has 0 saturated carbocycles. The van der Waals surface area contributed by atoms with Gasteiger partial charge in [-0.3, -0.25) is 9.69 Å². The molecule has 3 aliphatic heterocycles. The van der Waals surface area contributed by atoms with E-state index in [2.05, 4.69) is 4.90 Å². The van der Waals surface area contributed by atoms with Crippen molar-refractivity contribution in [3.05, 3.63) is 59.2 Å². The van der Waals surface area contributed by atoms with Crippen molar-refractivity contribution in [2.24, 2.45) is 7.05 Å². The van der Waals surface area contributed by atoms with Gasteiger partial charge in [0.2, 0.25) is 5.79 Å². The van der Waals surface area contributed by atoms with Crippen LogP contribution < -0.4 is 0 Å². The van der Waals surface area contributed by atoms with Crippen LogP contribution in [0.5, 0.6) is 0 Å². The molecule has 0 bridgehead atoms. The number of hydrogen-bond donors (Lipinski definition) is 1. The van der Waals surface area contributed by atoms with Crippen LogP contribution >= 0.6 is 0 Å². The van der Waals surface area contributed by atoms with E-state index in [9.17, 15) is 14.3 Å². The first kappa shape index (κ1) is 23.5. The molecular weight excluding hydrogens is 437 g/mol. The molecule has 5 rings (SSSR count). The van der Waals surface area contributed by atoms with E-state index in [4.69, 9.17) is 9.47 Å². The van der Waals surface area contributed by atoms with Gasteiger partial charge >= 0.3 is 0 Å². The average molecular weight is 472 g/mol. The fraction of sp³-hybridized carbons (Fsp3) is 0.577. The molecule has 3 aliphatic rings. The number of aliphatic hydroxyl groups excluding tert-OH is 1. The number of halogens is 1. The Hall–Kier alpha value is -2.26. The lowest BCUT2D eigenvalue weighted by Crippen LogP contribution is -2.64. The second-order valence-electron chi connectivity index (χ2n) is 9.57. The monoisotopic (exact) mass is 471 g/mol. The van der Waals surface area contributed by atoms with Crippen molar-refractivity contribution in [2.45, 2.75) is 56.6 Å². The molecule has 7 nitrogen and oxygen atoms in total. The van der Waals surface area contributed by atoms with E-state index >= 15 is 0 Å². The summed E-state index contributed by atoms with van der Waals surface area (Å²) in [5.41, 5.74) is 1.79. The summed E-state index contributed by atoms with van der Waals surface area (Å²) < 4.78 is 28.5. The number of piperidine rings is 1. The lowest BCUT2D eigenvalue weighted by molar-refractivity contribution is -0.227.